The molecule has 14 nitrogen and oxygen atoms in total. The van der Waals surface area contributed by atoms with Crippen LogP contribution in [0.25, 0.3) is 0 Å². The van der Waals surface area contributed by atoms with E-state index in [9.17, 15) is 32.3 Å². The fraction of sp³-hybridized carbons (Fsp3) is 0.544. The van der Waals surface area contributed by atoms with Crippen LogP contribution in [0.3, 0.4) is 0 Å². The van der Waals surface area contributed by atoms with Gasteiger partial charge in [0.05, 0.1) is 15.6 Å². The van der Waals surface area contributed by atoms with Crippen molar-refractivity contribution in [1.82, 2.24) is 29.4 Å². The third-order valence-electron chi connectivity index (χ3n) is 19.4. The van der Waals surface area contributed by atoms with E-state index in [4.69, 9.17) is 23.2 Å². The lowest BCUT2D eigenvalue weighted by molar-refractivity contribution is -0.137. The molecule has 19 heteroatoms. The number of carbonyl (C=O) groups excluding carboxylic acids is 4. The number of urea groups is 3. The molecule has 3 unspecified atom stereocenters. The minimum Gasteiger partial charge on any atom is -0.323 e. The number of likely N-dealkylation sites (tertiary alicyclic amines) is 3. The SMILES string of the molecule is C=CC(=O)Nc1cccc(CN(C(=O)Nc2cccc(C(F)(F)F)c2)C2CCN(C(C)CCC)CC2)c1.CCCCCCc1ccc(NC(=O)N(Cc2ccccc2)C2CCN(C(C)CCC)CC2)cc1.CCCCN(C(=O)Nc1ccc(Cl)c(Cl)c1)C1CCN(C(C)CCC)CC1. The molecule has 0 bridgehead atoms. The monoisotopic (exact) mass is 1390 g/mol. The normalized spacial score (nSPS) is 16.0. The van der Waals surface area contributed by atoms with Crippen LogP contribution >= 0.6 is 23.2 Å². The van der Waals surface area contributed by atoms with E-state index in [1.165, 1.54) is 80.7 Å². The van der Waals surface area contributed by atoms with Crippen LogP contribution in [0.5, 0.6) is 0 Å². The van der Waals surface area contributed by atoms with Gasteiger partial charge in [-0.3, -0.25) is 4.79 Å². The fourth-order valence-corrected chi connectivity index (χ4v) is 13.9. The first-order valence-corrected chi connectivity index (χ1v) is 37.1. The number of nitrogens with zero attached hydrogens (tertiary/aromatic N) is 6. The van der Waals surface area contributed by atoms with E-state index in [0.29, 0.717) is 52.1 Å². The third kappa shape index (κ3) is 26.8. The molecule has 4 N–H and O–H groups in total. The zero-order valence-corrected chi connectivity index (χ0v) is 61.3. The highest BCUT2D eigenvalue weighted by atomic mass is 35.5. The molecule has 5 aromatic carbocycles. The minimum absolute atomic E-state index is 0.0135. The van der Waals surface area contributed by atoms with Gasteiger partial charge in [0, 0.05) is 118 Å². The Morgan fingerprint density at radius 2 is 0.918 bits per heavy atom. The number of anilines is 4. The van der Waals surface area contributed by atoms with E-state index >= 15 is 0 Å². The van der Waals surface area contributed by atoms with E-state index < -0.39 is 17.8 Å². The Morgan fingerprint density at radius 3 is 1.40 bits per heavy atom. The molecule has 7 amide bonds. The number of alkyl halides is 3. The molecule has 3 saturated heterocycles. The number of piperidine rings is 3. The Labute approximate surface area is 594 Å². The summed E-state index contributed by atoms with van der Waals surface area (Å²) in [6, 6.07) is 37.6. The number of aryl methyl sites for hydroxylation is 1. The van der Waals surface area contributed by atoms with E-state index in [2.05, 4.69) is 151 Å². The van der Waals surface area contributed by atoms with Crippen LogP contribution in [-0.2, 0) is 30.5 Å². The zero-order valence-electron chi connectivity index (χ0n) is 59.8. The first kappa shape index (κ1) is 80.3. The molecule has 0 radical (unpaired) electrons. The molecule has 98 heavy (non-hydrogen) atoms. The van der Waals surface area contributed by atoms with Gasteiger partial charge in [0.15, 0.2) is 0 Å². The first-order valence-electron chi connectivity index (χ1n) is 36.4. The number of amides is 7. The highest BCUT2D eigenvalue weighted by Crippen LogP contribution is 2.33. The van der Waals surface area contributed by atoms with Gasteiger partial charge in [-0.2, -0.15) is 13.2 Å². The number of hydrogen-bond acceptors (Lipinski definition) is 7. The van der Waals surface area contributed by atoms with Gasteiger partial charge in [0.25, 0.3) is 0 Å². The van der Waals surface area contributed by atoms with Crippen LogP contribution in [0.4, 0.5) is 50.3 Å². The Morgan fingerprint density at radius 1 is 0.480 bits per heavy atom. The van der Waals surface area contributed by atoms with Gasteiger partial charge in [-0.05, 0) is 181 Å². The van der Waals surface area contributed by atoms with Gasteiger partial charge in [0.1, 0.15) is 0 Å². The summed E-state index contributed by atoms with van der Waals surface area (Å²) in [5.74, 6) is -0.343. The average molecular weight is 1390 g/mol. The summed E-state index contributed by atoms with van der Waals surface area (Å²) >= 11 is 12.0. The molecular weight excluding hydrogens is 1280 g/mol. The Kier molecular flexibility index (Phi) is 34.8. The van der Waals surface area contributed by atoms with Crippen molar-refractivity contribution >= 4 is 70.0 Å². The Hall–Kier alpha value is -6.63. The molecule has 3 atom stereocenters. The van der Waals surface area contributed by atoms with Crippen LogP contribution < -0.4 is 21.3 Å². The number of carbonyl (C=O) groups is 4. The number of benzene rings is 5. The quantitative estimate of drug-likeness (QED) is 0.0277. The lowest BCUT2D eigenvalue weighted by Crippen LogP contribution is -2.50. The van der Waals surface area contributed by atoms with Crippen molar-refractivity contribution < 1.29 is 32.3 Å². The van der Waals surface area contributed by atoms with Crippen molar-refractivity contribution in [2.75, 3.05) is 67.1 Å². The summed E-state index contributed by atoms with van der Waals surface area (Å²) < 4.78 is 39.6. The molecule has 0 saturated carbocycles. The Balaban J connectivity index is 0.000000235. The van der Waals surface area contributed by atoms with Crippen LogP contribution in [0.1, 0.15) is 193 Å². The largest absolute Gasteiger partial charge is 0.416 e. The molecule has 538 valence electrons. The van der Waals surface area contributed by atoms with Gasteiger partial charge in [-0.1, -0.05) is 170 Å². The maximum absolute atomic E-state index is 13.5. The molecule has 0 aromatic heterocycles. The summed E-state index contributed by atoms with van der Waals surface area (Å²) in [5.41, 5.74) is 4.74. The first-order chi connectivity index (χ1) is 47.2. The van der Waals surface area contributed by atoms with Crippen molar-refractivity contribution in [1.29, 1.82) is 0 Å². The van der Waals surface area contributed by atoms with Crippen molar-refractivity contribution in [3.63, 3.8) is 0 Å². The lowest BCUT2D eigenvalue weighted by Gasteiger charge is -2.40. The summed E-state index contributed by atoms with van der Waals surface area (Å²) in [6.45, 7) is 29.0. The van der Waals surface area contributed by atoms with Gasteiger partial charge in [-0.25, -0.2) is 14.4 Å². The summed E-state index contributed by atoms with van der Waals surface area (Å²) in [5, 5.41) is 12.5. The number of nitrogens with one attached hydrogen (secondary N) is 4. The molecule has 0 spiro atoms. The molecule has 3 heterocycles. The standard InChI is InChI=1S/C30H45N3O.C28H35F3N4O2.C21H33Cl2N3O/c1-4-6-7-9-13-26-16-18-28(19-17-26)31-30(34)33(24-27-14-10-8-11-15-27)29-20-22-32(23-21-29)25(3)12-5-2;1-4-8-20(3)34-15-13-25(14-16-34)35(19-21-9-6-11-23(17-21)32-26(36)5-2)27(37)33-24-12-7-10-22(18-24)28(29,30)31;1-4-6-12-26(18-10-13-25(14-11-18)16(3)7-5-2)21(27)24-17-8-9-19(22)20(23)15-17/h8,10-11,14-19,25,29H,4-7,9,12-13,20-24H2,1-3H3,(H,31,34);5-7,9-12,17-18,20,25H,2,4,8,13-16,19H2,1,3H3,(H,32,36)(H,33,37);8-9,15-16,18H,4-7,10-14H2,1-3H3,(H,24,27). The topological polar surface area (TPSA) is 136 Å². The van der Waals surface area contributed by atoms with Crippen LogP contribution in [-0.4, -0.2) is 135 Å². The molecule has 3 aliphatic rings. The lowest BCUT2D eigenvalue weighted by atomic mass is 10.00. The second-order valence-corrected chi connectivity index (χ2v) is 27.7. The van der Waals surface area contributed by atoms with Crippen LogP contribution in [0, 0.1) is 0 Å². The second kappa shape index (κ2) is 42.5. The molecule has 3 aliphatic heterocycles. The van der Waals surface area contributed by atoms with E-state index in [-0.39, 0.29) is 42.3 Å². The van der Waals surface area contributed by atoms with Crippen LogP contribution in [0.15, 0.2) is 134 Å². The summed E-state index contributed by atoms with van der Waals surface area (Å²) in [4.78, 5) is 64.9. The van der Waals surface area contributed by atoms with E-state index in [1.807, 2.05) is 17.0 Å². The third-order valence-corrected chi connectivity index (χ3v) is 20.1. The van der Waals surface area contributed by atoms with Gasteiger partial charge in [0.2, 0.25) is 5.91 Å². The minimum atomic E-state index is -4.50. The number of hydrogen-bond donors (Lipinski definition) is 4. The van der Waals surface area contributed by atoms with Crippen molar-refractivity contribution in [2.45, 2.75) is 233 Å². The second-order valence-electron chi connectivity index (χ2n) is 26.9. The maximum Gasteiger partial charge on any atom is 0.416 e. The van der Waals surface area contributed by atoms with E-state index in [0.717, 1.165) is 140 Å². The van der Waals surface area contributed by atoms with Gasteiger partial charge in [-0.15, -0.1) is 0 Å². The summed E-state index contributed by atoms with van der Waals surface area (Å²) in [6.07, 6.45) is 17.8. The predicted octanol–water partition coefficient (Wildman–Crippen LogP) is 20.3. The highest BCUT2D eigenvalue weighted by Gasteiger charge is 2.34. The average Bonchev–Trinajstić information content (AvgIpc) is 0.842. The number of rotatable bonds is 29. The van der Waals surface area contributed by atoms with Crippen LogP contribution in [0.2, 0.25) is 10.0 Å². The van der Waals surface area contributed by atoms with Gasteiger partial charge < -0.3 is 50.7 Å². The fourth-order valence-electron chi connectivity index (χ4n) is 13.6. The number of unbranched alkanes of at least 4 members (excludes halogenated alkanes) is 4. The van der Waals surface area contributed by atoms with Gasteiger partial charge >= 0.3 is 24.3 Å². The van der Waals surface area contributed by atoms with Crippen molar-refractivity contribution in [2.24, 2.45) is 0 Å². The molecule has 0 aliphatic carbocycles. The Bertz CT molecular complexity index is 3170. The van der Waals surface area contributed by atoms with E-state index in [1.54, 1.807) is 41.3 Å². The predicted molar refractivity (Wildman–Crippen MR) is 401 cm³/mol. The molecular formula is C79H113Cl2F3N10O4. The zero-order chi connectivity index (χ0) is 71.0. The molecule has 3 fully saturated rings. The maximum atomic E-state index is 13.5. The number of halogens is 5. The smallest absolute Gasteiger partial charge is 0.323 e. The summed E-state index contributed by atoms with van der Waals surface area (Å²) in [7, 11) is 0. The van der Waals surface area contributed by atoms with Crippen molar-refractivity contribution in [3.8, 4) is 0 Å². The highest BCUT2D eigenvalue weighted by molar-refractivity contribution is 6.42. The molecule has 5 aromatic rings. The van der Waals surface area contributed by atoms with Crippen molar-refractivity contribution in [3.05, 3.63) is 166 Å². The molecule has 8 rings (SSSR count).